The van der Waals surface area contributed by atoms with Crippen LogP contribution < -0.4 is 5.11 Å². The van der Waals surface area contributed by atoms with E-state index in [2.05, 4.69) is 6.92 Å². The molecule has 4 nitrogen and oxygen atoms in total. The van der Waals surface area contributed by atoms with Crippen LogP contribution in [0.2, 0.25) is 0 Å². The number of carboxylic acids is 1. The molecule has 1 heterocycles. The molecular formula is C15H14NO3S2-. The molecule has 1 fully saturated rings. The molecule has 21 heavy (non-hydrogen) atoms. The highest BCUT2D eigenvalue weighted by molar-refractivity contribution is 8.26. The highest BCUT2D eigenvalue weighted by atomic mass is 32.2. The number of carbonyl (C=O) groups excluding carboxylic acids is 2. The smallest absolute Gasteiger partial charge is 0.266 e. The number of carbonyl (C=O) groups is 2. The van der Waals surface area contributed by atoms with E-state index >= 15 is 0 Å². The van der Waals surface area contributed by atoms with Crippen LogP contribution in [0.1, 0.15) is 25.0 Å². The van der Waals surface area contributed by atoms with Gasteiger partial charge in [-0.25, -0.2) is 0 Å². The molecule has 1 aliphatic heterocycles. The Kier molecular flexibility index (Phi) is 4.80. The van der Waals surface area contributed by atoms with Crippen molar-refractivity contribution in [1.29, 1.82) is 0 Å². The Balaban J connectivity index is 2.25. The number of rotatable bonds is 4. The molecule has 0 spiro atoms. The van der Waals surface area contributed by atoms with Crippen LogP contribution in [0.3, 0.4) is 0 Å². The van der Waals surface area contributed by atoms with Gasteiger partial charge in [-0.3, -0.25) is 9.69 Å². The Morgan fingerprint density at radius 3 is 2.57 bits per heavy atom. The number of hydrogen-bond donors (Lipinski definition) is 0. The van der Waals surface area contributed by atoms with Gasteiger partial charge in [0.05, 0.1) is 16.9 Å². The topological polar surface area (TPSA) is 60.4 Å². The fraction of sp³-hybridized carbons (Fsp3) is 0.267. The molecule has 1 atom stereocenters. The van der Waals surface area contributed by atoms with Crippen LogP contribution >= 0.6 is 24.0 Å². The predicted molar refractivity (Wildman–Crippen MR) is 85.3 cm³/mol. The van der Waals surface area contributed by atoms with Gasteiger partial charge in [0.15, 0.2) is 0 Å². The largest absolute Gasteiger partial charge is 0.548 e. The molecular weight excluding hydrogens is 306 g/mol. The summed E-state index contributed by atoms with van der Waals surface area (Å²) in [6, 6.07) is 6.78. The second-order valence-electron chi connectivity index (χ2n) is 4.64. The number of aryl methyl sites for hydroxylation is 1. The third-order valence-electron chi connectivity index (χ3n) is 3.24. The summed E-state index contributed by atoms with van der Waals surface area (Å²) in [5, 5.41) is 10.9. The first kappa shape index (κ1) is 15.7. The molecule has 2 rings (SSSR count). The van der Waals surface area contributed by atoms with Crippen LogP contribution in [-0.2, 0) is 16.0 Å². The van der Waals surface area contributed by atoms with E-state index in [-0.39, 0.29) is 10.2 Å². The normalized spacial score (nSPS) is 18.4. The number of nitrogens with zero attached hydrogens (tertiary/aromatic N) is 1. The van der Waals surface area contributed by atoms with Crippen molar-refractivity contribution in [2.45, 2.75) is 26.3 Å². The summed E-state index contributed by atoms with van der Waals surface area (Å²) in [5.41, 5.74) is 2.10. The molecule has 0 radical (unpaired) electrons. The van der Waals surface area contributed by atoms with E-state index in [1.54, 1.807) is 6.08 Å². The molecule has 0 aliphatic carbocycles. The van der Waals surface area contributed by atoms with Gasteiger partial charge in [0.1, 0.15) is 4.32 Å². The Bertz CT molecular complexity index is 622. The number of aliphatic carboxylic acids is 1. The van der Waals surface area contributed by atoms with Crippen LogP contribution in [0.5, 0.6) is 0 Å². The third-order valence-corrected chi connectivity index (χ3v) is 4.57. The fourth-order valence-corrected chi connectivity index (χ4v) is 3.34. The Labute approximate surface area is 132 Å². The van der Waals surface area contributed by atoms with Crippen molar-refractivity contribution in [3.63, 3.8) is 0 Å². The summed E-state index contributed by atoms with van der Waals surface area (Å²) in [7, 11) is 0. The molecule has 0 unspecified atom stereocenters. The summed E-state index contributed by atoms with van der Waals surface area (Å²) >= 11 is 6.19. The second kappa shape index (κ2) is 6.41. The van der Waals surface area contributed by atoms with Crippen LogP contribution in [0.15, 0.2) is 29.2 Å². The molecule has 0 saturated carbocycles. The number of thioether (sulfide) groups is 1. The van der Waals surface area contributed by atoms with Crippen LogP contribution in [-0.4, -0.2) is 27.1 Å². The van der Waals surface area contributed by atoms with Gasteiger partial charge in [0, 0.05) is 0 Å². The molecule has 6 heteroatoms. The van der Waals surface area contributed by atoms with E-state index in [9.17, 15) is 14.7 Å². The first-order valence-electron chi connectivity index (χ1n) is 6.51. The quantitative estimate of drug-likeness (QED) is 0.623. The number of carboxylic acid groups (broad SMARTS) is 1. The minimum Gasteiger partial charge on any atom is -0.548 e. The Hall–Kier alpha value is -1.66. The standard InChI is InChI=1S/C15H15NO3S2/c1-3-10-4-6-11(7-5-10)8-12-13(17)16(15(20)21-12)9(2)14(18)19/h4-9H,3H2,1-2H3,(H,18,19)/p-1/b12-8-/t9-/m1/s1. The maximum absolute atomic E-state index is 12.2. The molecule has 1 amide bonds. The number of benzene rings is 1. The zero-order valence-electron chi connectivity index (χ0n) is 11.7. The third kappa shape index (κ3) is 3.33. The van der Waals surface area contributed by atoms with Crippen molar-refractivity contribution in [1.82, 2.24) is 4.90 Å². The van der Waals surface area contributed by atoms with Crippen LogP contribution in [0, 0.1) is 0 Å². The molecule has 0 N–H and O–H groups in total. The monoisotopic (exact) mass is 320 g/mol. The second-order valence-corrected chi connectivity index (χ2v) is 6.32. The lowest BCUT2D eigenvalue weighted by Gasteiger charge is -2.23. The fourth-order valence-electron chi connectivity index (χ4n) is 1.92. The average molecular weight is 320 g/mol. The van der Waals surface area contributed by atoms with E-state index in [0.717, 1.165) is 28.6 Å². The van der Waals surface area contributed by atoms with E-state index in [4.69, 9.17) is 12.2 Å². The molecule has 0 bridgehead atoms. The van der Waals surface area contributed by atoms with Gasteiger partial charge in [0.25, 0.3) is 5.91 Å². The minimum atomic E-state index is -1.32. The summed E-state index contributed by atoms with van der Waals surface area (Å²) in [6.45, 7) is 3.46. The van der Waals surface area contributed by atoms with Crippen molar-refractivity contribution in [2.24, 2.45) is 0 Å². The van der Waals surface area contributed by atoms with Gasteiger partial charge in [0.2, 0.25) is 0 Å². The van der Waals surface area contributed by atoms with Gasteiger partial charge in [-0.05, 0) is 30.5 Å². The van der Waals surface area contributed by atoms with E-state index < -0.39 is 12.0 Å². The first-order valence-corrected chi connectivity index (χ1v) is 7.73. The number of thiocarbonyl (C=S) groups is 1. The lowest BCUT2D eigenvalue weighted by molar-refractivity contribution is -0.309. The van der Waals surface area contributed by atoms with Crippen molar-refractivity contribution >= 4 is 46.3 Å². The maximum Gasteiger partial charge on any atom is 0.266 e. The molecule has 110 valence electrons. The molecule has 1 saturated heterocycles. The van der Waals surface area contributed by atoms with Gasteiger partial charge in [-0.15, -0.1) is 0 Å². The zero-order valence-corrected chi connectivity index (χ0v) is 13.3. The summed E-state index contributed by atoms with van der Waals surface area (Å²) in [5.74, 6) is -1.71. The average Bonchev–Trinajstić information content (AvgIpc) is 2.73. The Morgan fingerprint density at radius 2 is 2.05 bits per heavy atom. The van der Waals surface area contributed by atoms with E-state index in [1.807, 2.05) is 24.3 Å². The summed E-state index contributed by atoms with van der Waals surface area (Å²) < 4.78 is 0.244. The van der Waals surface area contributed by atoms with Crippen LogP contribution in [0.4, 0.5) is 0 Å². The van der Waals surface area contributed by atoms with Crippen molar-refractivity contribution < 1.29 is 14.7 Å². The lowest BCUT2D eigenvalue weighted by Crippen LogP contribution is -2.48. The summed E-state index contributed by atoms with van der Waals surface area (Å²) in [4.78, 5) is 24.7. The van der Waals surface area contributed by atoms with Gasteiger partial charge in [-0.1, -0.05) is 55.2 Å². The maximum atomic E-state index is 12.2. The first-order chi connectivity index (χ1) is 9.93. The van der Waals surface area contributed by atoms with Crippen molar-refractivity contribution in [3.05, 3.63) is 40.3 Å². The Morgan fingerprint density at radius 1 is 1.43 bits per heavy atom. The van der Waals surface area contributed by atoms with Crippen LogP contribution in [0.25, 0.3) is 6.08 Å². The van der Waals surface area contributed by atoms with Gasteiger partial charge < -0.3 is 9.90 Å². The highest BCUT2D eigenvalue weighted by Crippen LogP contribution is 2.33. The van der Waals surface area contributed by atoms with E-state index in [0.29, 0.717) is 4.91 Å². The molecule has 1 aromatic carbocycles. The van der Waals surface area contributed by atoms with Gasteiger partial charge in [-0.2, -0.15) is 0 Å². The number of hydrogen-bond acceptors (Lipinski definition) is 5. The molecule has 1 aromatic rings. The lowest BCUT2D eigenvalue weighted by atomic mass is 10.1. The SMILES string of the molecule is CCc1ccc(/C=C2\SC(=S)N([C@H](C)C(=O)[O-])C2=O)cc1. The van der Waals surface area contributed by atoms with Crippen molar-refractivity contribution in [2.75, 3.05) is 0 Å². The van der Waals surface area contributed by atoms with E-state index in [1.165, 1.54) is 12.5 Å². The highest BCUT2D eigenvalue weighted by Gasteiger charge is 2.35. The predicted octanol–water partition coefficient (Wildman–Crippen LogP) is 1.59. The molecule has 1 aliphatic rings. The number of amides is 1. The molecule has 0 aromatic heterocycles. The summed E-state index contributed by atoms with van der Waals surface area (Å²) in [6.07, 6.45) is 2.67. The minimum absolute atomic E-state index is 0.244. The zero-order chi connectivity index (χ0) is 15.6. The van der Waals surface area contributed by atoms with Gasteiger partial charge >= 0.3 is 0 Å². The van der Waals surface area contributed by atoms with Crippen molar-refractivity contribution in [3.8, 4) is 0 Å².